The van der Waals surface area contributed by atoms with Crippen LogP contribution in [0.15, 0.2) is 35.7 Å². The van der Waals surface area contributed by atoms with Gasteiger partial charge in [0.15, 0.2) is 0 Å². The van der Waals surface area contributed by atoms with E-state index in [0.29, 0.717) is 13.2 Å². The van der Waals surface area contributed by atoms with E-state index in [9.17, 15) is 9.59 Å². The van der Waals surface area contributed by atoms with E-state index in [0.717, 1.165) is 23.3 Å². The van der Waals surface area contributed by atoms with Crippen molar-refractivity contribution in [3.05, 3.63) is 51.7 Å². The minimum absolute atomic E-state index is 0.000985. The highest BCUT2D eigenvalue weighted by Crippen LogP contribution is 2.34. The second kappa shape index (κ2) is 9.94. The Labute approximate surface area is 195 Å². The first-order chi connectivity index (χ1) is 15.1. The van der Waals surface area contributed by atoms with Crippen molar-refractivity contribution in [2.24, 2.45) is 0 Å². The predicted octanol–water partition coefficient (Wildman–Crippen LogP) is 4.78. The number of amides is 3. The van der Waals surface area contributed by atoms with Crippen LogP contribution in [0, 0.1) is 6.92 Å². The summed E-state index contributed by atoms with van der Waals surface area (Å²) in [5.41, 5.74) is 1.73. The molecule has 7 heteroatoms. The quantitative estimate of drug-likeness (QED) is 0.679. The maximum absolute atomic E-state index is 13.5. The van der Waals surface area contributed by atoms with Gasteiger partial charge in [0.1, 0.15) is 18.9 Å². The van der Waals surface area contributed by atoms with E-state index in [1.54, 1.807) is 16.2 Å². The van der Waals surface area contributed by atoms with Crippen LogP contribution in [0.2, 0.25) is 0 Å². The van der Waals surface area contributed by atoms with E-state index in [-0.39, 0.29) is 30.6 Å². The molecule has 2 aromatic rings. The number of carbonyl (C=O) groups is 2. The molecule has 1 aromatic carbocycles. The summed E-state index contributed by atoms with van der Waals surface area (Å²) in [5, 5.41) is 5.01. The molecule has 1 unspecified atom stereocenters. The molecule has 0 aliphatic carbocycles. The molecule has 0 saturated carbocycles. The van der Waals surface area contributed by atoms with Crippen molar-refractivity contribution in [1.29, 1.82) is 0 Å². The number of benzene rings is 1. The Morgan fingerprint density at radius 3 is 2.62 bits per heavy atom. The smallest absolute Gasteiger partial charge is 0.318 e. The third-order valence-electron chi connectivity index (χ3n) is 5.67. The van der Waals surface area contributed by atoms with Gasteiger partial charge in [-0.05, 0) is 76.6 Å². The van der Waals surface area contributed by atoms with Gasteiger partial charge in [-0.15, -0.1) is 11.3 Å². The molecular weight excluding hydrogens is 422 g/mol. The molecule has 2 heterocycles. The number of nitrogens with zero attached hydrogens (tertiary/aromatic N) is 2. The van der Waals surface area contributed by atoms with Gasteiger partial charge in [0.2, 0.25) is 5.91 Å². The minimum atomic E-state index is -0.481. The number of nitrogens with one attached hydrogen (secondary N) is 1. The van der Waals surface area contributed by atoms with Crippen molar-refractivity contribution >= 4 is 23.3 Å². The SMILES string of the molecule is Cc1ccccc1OCC1c2ccsc2CCN1C(=O)CN(C(=O)NC(C)C)C(C)(C)C. The third kappa shape index (κ3) is 5.63. The second-order valence-electron chi connectivity index (χ2n) is 9.59. The van der Waals surface area contributed by atoms with Gasteiger partial charge in [-0.3, -0.25) is 4.79 Å². The molecule has 1 aromatic heterocycles. The first-order valence-corrected chi connectivity index (χ1v) is 12.1. The summed E-state index contributed by atoms with van der Waals surface area (Å²) < 4.78 is 6.17. The van der Waals surface area contributed by atoms with Crippen molar-refractivity contribution in [3.8, 4) is 5.75 Å². The fourth-order valence-electron chi connectivity index (χ4n) is 3.93. The van der Waals surface area contributed by atoms with Crippen LogP contribution in [-0.2, 0) is 11.2 Å². The number of fused-ring (bicyclic) bond motifs is 1. The Morgan fingerprint density at radius 1 is 1.25 bits per heavy atom. The number of rotatable bonds is 6. The molecule has 32 heavy (non-hydrogen) atoms. The molecule has 0 fully saturated rings. The maximum atomic E-state index is 13.5. The molecule has 0 saturated heterocycles. The van der Waals surface area contributed by atoms with Gasteiger partial charge in [0.25, 0.3) is 0 Å². The number of carbonyl (C=O) groups excluding carboxylic acids is 2. The molecule has 1 aliphatic rings. The first kappa shape index (κ1) is 24.1. The predicted molar refractivity (Wildman–Crippen MR) is 129 cm³/mol. The van der Waals surface area contributed by atoms with Crippen LogP contribution in [0.3, 0.4) is 0 Å². The highest BCUT2D eigenvalue weighted by molar-refractivity contribution is 7.10. The lowest BCUT2D eigenvalue weighted by Gasteiger charge is -2.40. The zero-order chi connectivity index (χ0) is 23.5. The summed E-state index contributed by atoms with van der Waals surface area (Å²) in [6.07, 6.45) is 0.827. The van der Waals surface area contributed by atoms with Gasteiger partial charge in [-0.1, -0.05) is 18.2 Å². The molecule has 3 rings (SSSR count). The van der Waals surface area contributed by atoms with Gasteiger partial charge < -0.3 is 19.9 Å². The average Bonchev–Trinajstić information content (AvgIpc) is 3.18. The summed E-state index contributed by atoms with van der Waals surface area (Å²) >= 11 is 1.73. The average molecular weight is 458 g/mol. The monoisotopic (exact) mass is 457 g/mol. The van der Waals surface area contributed by atoms with Crippen LogP contribution >= 0.6 is 11.3 Å². The van der Waals surface area contributed by atoms with E-state index < -0.39 is 5.54 Å². The van der Waals surface area contributed by atoms with Gasteiger partial charge in [-0.25, -0.2) is 4.79 Å². The first-order valence-electron chi connectivity index (χ1n) is 11.2. The normalized spacial score (nSPS) is 16.0. The molecule has 1 aliphatic heterocycles. The van der Waals surface area contributed by atoms with Gasteiger partial charge in [0, 0.05) is 23.0 Å². The fourth-order valence-corrected chi connectivity index (χ4v) is 4.85. The number of aryl methyl sites for hydroxylation is 1. The van der Waals surface area contributed by atoms with Crippen LogP contribution in [0.1, 0.15) is 56.7 Å². The van der Waals surface area contributed by atoms with Crippen molar-refractivity contribution in [2.45, 2.75) is 65.6 Å². The zero-order valence-electron chi connectivity index (χ0n) is 20.0. The fraction of sp³-hybridized carbons (Fsp3) is 0.520. The number of hydrogen-bond donors (Lipinski definition) is 1. The Bertz CT molecular complexity index is 948. The summed E-state index contributed by atoms with van der Waals surface area (Å²) in [6, 6.07) is 9.61. The van der Waals surface area contributed by atoms with Crippen LogP contribution in [0.5, 0.6) is 5.75 Å². The minimum Gasteiger partial charge on any atom is -0.491 e. The highest BCUT2D eigenvalue weighted by Gasteiger charge is 2.36. The van der Waals surface area contributed by atoms with E-state index in [4.69, 9.17) is 4.74 Å². The number of hydrogen-bond acceptors (Lipinski definition) is 4. The van der Waals surface area contributed by atoms with E-state index >= 15 is 0 Å². The molecule has 1 N–H and O–H groups in total. The van der Waals surface area contributed by atoms with Gasteiger partial charge in [0.05, 0.1) is 6.04 Å². The summed E-state index contributed by atoms with van der Waals surface area (Å²) in [6.45, 7) is 12.7. The van der Waals surface area contributed by atoms with Crippen LogP contribution in [-0.4, -0.2) is 53.0 Å². The molecule has 0 radical (unpaired) electrons. The lowest BCUT2D eigenvalue weighted by molar-refractivity contribution is -0.136. The molecule has 1 atom stereocenters. The Hall–Kier alpha value is -2.54. The molecular formula is C25H35N3O3S. The van der Waals surface area contributed by atoms with Gasteiger partial charge in [-0.2, -0.15) is 0 Å². The van der Waals surface area contributed by atoms with Crippen LogP contribution in [0.25, 0.3) is 0 Å². The Balaban J connectivity index is 1.81. The Kier molecular flexibility index (Phi) is 7.49. The topological polar surface area (TPSA) is 61.9 Å². The van der Waals surface area contributed by atoms with E-state index in [2.05, 4.69) is 16.8 Å². The lowest BCUT2D eigenvalue weighted by Crippen LogP contribution is -2.56. The molecule has 0 spiro atoms. The third-order valence-corrected chi connectivity index (χ3v) is 6.66. The van der Waals surface area contributed by atoms with Crippen LogP contribution in [0.4, 0.5) is 4.79 Å². The van der Waals surface area contributed by atoms with Gasteiger partial charge >= 0.3 is 6.03 Å². The number of urea groups is 1. The molecule has 6 nitrogen and oxygen atoms in total. The second-order valence-corrected chi connectivity index (χ2v) is 10.6. The summed E-state index contributed by atoms with van der Waals surface area (Å²) in [7, 11) is 0. The lowest BCUT2D eigenvalue weighted by atomic mass is 10.00. The molecule has 174 valence electrons. The number of thiophene rings is 1. The number of ether oxygens (including phenoxy) is 1. The summed E-state index contributed by atoms with van der Waals surface area (Å²) in [4.78, 5) is 31.2. The molecule has 0 bridgehead atoms. The van der Waals surface area contributed by atoms with Crippen molar-refractivity contribution in [3.63, 3.8) is 0 Å². The van der Waals surface area contributed by atoms with Crippen LogP contribution < -0.4 is 10.1 Å². The molecule has 3 amide bonds. The van der Waals surface area contributed by atoms with Crippen molar-refractivity contribution in [2.75, 3.05) is 19.7 Å². The van der Waals surface area contributed by atoms with E-state index in [1.807, 2.05) is 70.7 Å². The van der Waals surface area contributed by atoms with Crippen molar-refractivity contribution in [1.82, 2.24) is 15.1 Å². The maximum Gasteiger partial charge on any atom is 0.318 e. The largest absolute Gasteiger partial charge is 0.491 e. The highest BCUT2D eigenvalue weighted by atomic mass is 32.1. The standard InChI is InChI=1S/C25H35N3O3S/c1-17(2)26-24(30)28(25(4,5)6)15-23(29)27-13-11-22-19(12-14-32-22)20(27)16-31-21-10-8-7-9-18(21)3/h7-10,12,14,17,20H,11,13,15-16H2,1-6H3,(H,26,30). The van der Waals surface area contributed by atoms with E-state index in [1.165, 1.54) is 4.88 Å². The van der Waals surface area contributed by atoms with Crippen molar-refractivity contribution < 1.29 is 14.3 Å². The number of para-hydroxylation sites is 1. The Morgan fingerprint density at radius 2 is 1.97 bits per heavy atom. The zero-order valence-corrected chi connectivity index (χ0v) is 20.8. The summed E-state index contributed by atoms with van der Waals surface area (Å²) in [5.74, 6) is 0.768.